The minimum Gasteiger partial charge on any atom is -0.394 e. The van der Waals surface area contributed by atoms with Crippen molar-refractivity contribution in [3.05, 3.63) is 0 Å². The highest BCUT2D eigenvalue weighted by atomic mass is 16.7. The normalized spacial score (nSPS) is 40.8. The van der Waals surface area contributed by atoms with E-state index in [1.54, 1.807) is 0 Å². The number of carbonyl (C=O) groups is 1. The van der Waals surface area contributed by atoms with Crippen LogP contribution < -0.4 is 0 Å². The summed E-state index contributed by atoms with van der Waals surface area (Å²) in [5, 5.41) is 120. The number of rotatable bonds is 10. The second-order valence-electron chi connectivity index (χ2n) is 7.94. The highest BCUT2D eigenvalue weighted by Gasteiger charge is 2.56. The van der Waals surface area contributed by atoms with E-state index in [0.29, 0.717) is 0 Å². The van der Waals surface area contributed by atoms with E-state index in [9.17, 15) is 35.4 Å². The molecule has 0 spiro atoms. The van der Waals surface area contributed by atoms with Crippen molar-refractivity contribution in [2.75, 3.05) is 26.4 Å². The molecular weight excluding hydrogens is 488 g/mol. The fraction of sp³-hybridized carbons (Fsp3) is 0.944. The van der Waals surface area contributed by atoms with E-state index in [1.165, 1.54) is 0 Å². The van der Waals surface area contributed by atoms with Crippen LogP contribution in [0.25, 0.3) is 0 Å². The molecule has 17 nitrogen and oxygen atoms in total. The van der Waals surface area contributed by atoms with Crippen LogP contribution in [0.3, 0.4) is 0 Å². The van der Waals surface area contributed by atoms with Crippen molar-refractivity contribution in [2.24, 2.45) is 0 Å². The van der Waals surface area contributed by atoms with Gasteiger partial charge in [0.1, 0.15) is 67.1 Å². The number of ether oxygens (including phenoxy) is 3. The number of hydrogen-bond acceptors (Lipinski definition) is 17. The Bertz CT molecular complexity index is 624. The Balaban J connectivity index is 0.000000434. The SMILES string of the molecule is O=C[C@H](O)[C@@H](O)[C@@H](O)[C@H](O)CO.OC[C@H]1O[C@@H](O[C@@H]2[C@@H](CO)O[C@](O)(CO)[C@H]2O)[C@H](O)[C@@H](O)[C@H]1O. The van der Waals surface area contributed by atoms with Gasteiger partial charge in [0.15, 0.2) is 12.6 Å². The third kappa shape index (κ3) is 7.52. The molecule has 0 radical (unpaired) electrons. The first-order valence-electron chi connectivity index (χ1n) is 10.4. The van der Waals surface area contributed by atoms with Crippen molar-refractivity contribution in [2.45, 2.75) is 79.2 Å². The number of hydrogen-bond donors (Lipinski definition) is 13. The molecule has 208 valence electrons. The Hall–Kier alpha value is -0.970. The summed E-state index contributed by atoms with van der Waals surface area (Å²) in [6, 6.07) is 0. The molecule has 2 heterocycles. The lowest BCUT2D eigenvalue weighted by Crippen LogP contribution is -2.60. The third-order valence-corrected chi connectivity index (χ3v) is 5.46. The largest absolute Gasteiger partial charge is 0.394 e. The van der Waals surface area contributed by atoms with E-state index < -0.39 is 106 Å². The lowest BCUT2D eigenvalue weighted by molar-refractivity contribution is -0.318. The Kier molecular flexibility index (Phi) is 12.9. The third-order valence-electron chi connectivity index (χ3n) is 5.46. The van der Waals surface area contributed by atoms with Crippen molar-refractivity contribution < 1.29 is 85.4 Å². The van der Waals surface area contributed by atoms with Crippen LogP contribution in [-0.4, -0.2) is 178 Å². The minimum atomic E-state index is -2.37. The van der Waals surface area contributed by atoms with E-state index >= 15 is 0 Å². The van der Waals surface area contributed by atoms with Crippen LogP contribution in [0, 0.1) is 0 Å². The molecule has 2 saturated heterocycles. The summed E-state index contributed by atoms with van der Waals surface area (Å²) in [6.45, 7) is -3.08. The van der Waals surface area contributed by atoms with Crippen LogP contribution in [0.2, 0.25) is 0 Å². The van der Waals surface area contributed by atoms with Crippen LogP contribution in [0.1, 0.15) is 0 Å². The number of carbonyl (C=O) groups excluding carboxylic acids is 1. The number of aldehydes is 1. The summed E-state index contributed by atoms with van der Waals surface area (Å²) in [6.07, 6.45) is -19.1. The van der Waals surface area contributed by atoms with Gasteiger partial charge in [0.2, 0.25) is 5.79 Å². The summed E-state index contributed by atoms with van der Waals surface area (Å²) < 4.78 is 15.3. The Morgan fingerprint density at radius 3 is 1.89 bits per heavy atom. The van der Waals surface area contributed by atoms with Crippen LogP contribution in [0.5, 0.6) is 0 Å². The summed E-state index contributed by atoms with van der Waals surface area (Å²) in [5.74, 6) is -2.37. The average molecular weight is 522 g/mol. The maximum Gasteiger partial charge on any atom is 0.219 e. The molecule has 17 heteroatoms. The predicted molar refractivity (Wildman–Crippen MR) is 106 cm³/mol. The first kappa shape index (κ1) is 32.1. The quantitative estimate of drug-likeness (QED) is 0.118. The molecule has 0 aromatic rings. The molecule has 2 aliphatic rings. The van der Waals surface area contributed by atoms with Gasteiger partial charge in [0.25, 0.3) is 0 Å². The van der Waals surface area contributed by atoms with Crippen LogP contribution in [-0.2, 0) is 19.0 Å². The van der Waals surface area contributed by atoms with Gasteiger partial charge in [0.05, 0.1) is 26.4 Å². The van der Waals surface area contributed by atoms with Gasteiger partial charge in [-0.05, 0) is 0 Å². The standard InChI is InChI=1S/C12H22O11.C6H12O6/c13-1-4-6(16)7(17)8(18)11(21-4)22-9-5(2-14)23-12(20,3-15)10(9)19;7-1-3(9)5(11)6(12)4(10)2-8/h4-11,13-20H,1-3H2;1,3-6,8-12H,2H2/t4-,5-,6+,7+,8-,9-,10+,11+,12-;3-,4+,5+,6-/m10/s1. The van der Waals surface area contributed by atoms with E-state index in [0.717, 1.165) is 0 Å². The Morgan fingerprint density at radius 1 is 0.857 bits per heavy atom. The summed E-state index contributed by atoms with van der Waals surface area (Å²) in [7, 11) is 0. The van der Waals surface area contributed by atoms with E-state index in [2.05, 4.69) is 0 Å². The maximum atomic E-state index is 10.00. The zero-order valence-corrected chi connectivity index (χ0v) is 18.3. The molecule has 0 bridgehead atoms. The highest BCUT2D eigenvalue weighted by Crippen LogP contribution is 2.33. The zero-order chi connectivity index (χ0) is 27.1. The van der Waals surface area contributed by atoms with Gasteiger partial charge in [0, 0.05) is 0 Å². The highest BCUT2D eigenvalue weighted by molar-refractivity contribution is 5.56. The van der Waals surface area contributed by atoms with Crippen molar-refractivity contribution in [1.82, 2.24) is 0 Å². The average Bonchev–Trinajstić information content (AvgIpc) is 3.12. The molecule has 2 fully saturated rings. The molecule has 35 heavy (non-hydrogen) atoms. The molecule has 0 amide bonds. The monoisotopic (exact) mass is 522 g/mol. The Labute approximate surface area is 198 Å². The van der Waals surface area contributed by atoms with Gasteiger partial charge in [-0.15, -0.1) is 0 Å². The zero-order valence-electron chi connectivity index (χ0n) is 18.3. The first-order chi connectivity index (χ1) is 16.3. The maximum absolute atomic E-state index is 10.00. The second kappa shape index (κ2) is 14.1. The van der Waals surface area contributed by atoms with Crippen molar-refractivity contribution in [1.29, 1.82) is 0 Å². The molecule has 0 unspecified atom stereocenters. The minimum absolute atomic E-state index is 0.0258. The van der Waals surface area contributed by atoms with Crippen LogP contribution >= 0.6 is 0 Å². The van der Waals surface area contributed by atoms with Crippen molar-refractivity contribution >= 4 is 6.29 Å². The van der Waals surface area contributed by atoms with Gasteiger partial charge in [-0.2, -0.15) is 0 Å². The fourth-order valence-electron chi connectivity index (χ4n) is 3.25. The topological polar surface area (TPSA) is 308 Å². The lowest BCUT2D eigenvalue weighted by atomic mass is 9.99. The molecule has 0 aliphatic carbocycles. The molecule has 0 saturated carbocycles. The summed E-state index contributed by atoms with van der Waals surface area (Å²) in [5.41, 5.74) is 0. The summed E-state index contributed by atoms with van der Waals surface area (Å²) in [4.78, 5) is 9.90. The van der Waals surface area contributed by atoms with Crippen LogP contribution in [0.15, 0.2) is 0 Å². The fourth-order valence-corrected chi connectivity index (χ4v) is 3.25. The smallest absolute Gasteiger partial charge is 0.219 e. The van der Waals surface area contributed by atoms with E-state index in [4.69, 9.17) is 50.0 Å². The molecule has 0 aromatic heterocycles. The molecule has 13 N–H and O–H groups in total. The molecule has 0 aromatic carbocycles. The lowest BCUT2D eigenvalue weighted by Gasteiger charge is -2.41. The number of aliphatic hydroxyl groups excluding tert-OH is 12. The van der Waals surface area contributed by atoms with Gasteiger partial charge in [-0.1, -0.05) is 0 Å². The number of aliphatic hydroxyl groups is 13. The second-order valence-corrected chi connectivity index (χ2v) is 7.94. The Morgan fingerprint density at radius 2 is 1.43 bits per heavy atom. The van der Waals surface area contributed by atoms with Crippen molar-refractivity contribution in [3.8, 4) is 0 Å². The van der Waals surface area contributed by atoms with Gasteiger partial charge >= 0.3 is 0 Å². The van der Waals surface area contributed by atoms with E-state index in [1.807, 2.05) is 0 Å². The van der Waals surface area contributed by atoms with Gasteiger partial charge in [-0.25, -0.2) is 0 Å². The summed E-state index contributed by atoms with van der Waals surface area (Å²) >= 11 is 0. The molecule has 2 rings (SSSR count). The van der Waals surface area contributed by atoms with Gasteiger partial charge in [-0.3, -0.25) is 0 Å². The molecule has 2 aliphatic heterocycles. The van der Waals surface area contributed by atoms with E-state index in [-0.39, 0.29) is 6.29 Å². The first-order valence-corrected chi connectivity index (χ1v) is 10.4. The predicted octanol–water partition coefficient (Wildman–Crippen LogP) is -8.77. The molecular formula is C18H34O17. The van der Waals surface area contributed by atoms with Gasteiger partial charge < -0.3 is 85.4 Å². The molecule has 13 atom stereocenters. The van der Waals surface area contributed by atoms with Crippen LogP contribution in [0.4, 0.5) is 0 Å². The van der Waals surface area contributed by atoms with Crippen molar-refractivity contribution in [3.63, 3.8) is 0 Å².